The van der Waals surface area contributed by atoms with Crippen molar-refractivity contribution in [3.63, 3.8) is 0 Å². The van der Waals surface area contributed by atoms with E-state index < -0.39 is 12.3 Å². The van der Waals surface area contributed by atoms with Crippen LogP contribution in [-0.2, 0) is 16.1 Å². The van der Waals surface area contributed by atoms with Gasteiger partial charge < -0.3 is 19.0 Å². The molecule has 10 nitrogen and oxygen atoms in total. The van der Waals surface area contributed by atoms with Gasteiger partial charge in [0.25, 0.3) is 0 Å². The number of fused-ring (bicyclic) bond motifs is 1. The molecule has 1 amide bonds. The number of benzene rings is 1. The van der Waals surface area contributed by atoms with Gasteiger partial charge in [0.2, 0.25) is 5.95 Å². The first-order chi connectivity index (χ1) is 20.1. The van der Waals surface area contributed by atoms with Gasteiger partial charge in [-0.05, 0) is 43.1 Å². The minimum Gasteiger partial charge on any atom is -0.377 e. The summed E-state index contributed by atoms with van der Waals surface area (Å²) in [5.41, 5.74) is 6.82. The van der Waals surface area contributed by atoms with Crippen molar-refractivity contribution in [1.82, 2.24) is 30.3 Å². The predicted molar refractivity (Wildman–Crippen MR) is 155 cm³/mol. The lowest BCUT2D eigenvalue weighted by molar-refractivity contribution is 0.0927. The first-order valence-electron chi connectivity index (χ1n) is 15.5. The van der Waals surface area contributed by atoms with Crippen LogP contribution in [0.5, 0.6) is 0 Å². The SMILES string of the molecule is CC1CCC(Cn2c(N3CCOC[C@H]3c3ccccc3)nc3nc(C4NOC(=O)N4)nc(C4CCCCC4)c32)CC1. The topological polar surface area (TPSA) is 106 Å². The Hall–Kier alpha value is -3.24. The Morgan fingerprint density at radius 1 is 0.976 bits per heavy atom. The number of imidazole rings is 1. The second kappa shape index (κ2) is 11.6. The molecule has 2 aromatic heterocycles. The summed E-state index contributed by atoms with van der Waals surface area (Å²) in [4.78, 5) is 34.7. The van der Waals surface area contributed by atoms with Crippen LogP contribution in [0, 0.1) is 11.8 Å². The molecule has 3 aromatic rings. The monoisotopic (exact) mass is 559 g/mol. The standard InChI is InChI=1S/C31H41N7O3/c1-20-12-14-21(15-13-20)18-38-26-25(23-10-6-3-7-11-23)32-28(29-35-31(39)41-36-29)33-27(26)34-30(38)37-16-17-40-19-24(37)22-8-4-2-5-9-22/h2,4-5,8-9,20-21,23-24,29,36H,3,6-7,10-19H2,1H3,(H,35,39)/t20?,21?,24-,29?/m0/s1. The number of hydroxylamine groups is 1. The van der Waals surface area contributed by atoms with Crippen LogP contribution in [0.2, 0.25) is 0 Å². The number of hydrogen-bond acceptors (Lipinski definition) is 8. The van der Waals surface area contributed by atoms with Crippen molar-refractivity contribution in [3.8, 4) is 0 Å². The molecular weight excluding hydrogens is 518 g/mol. The molecule has 2 N–H and O–H groups in total. The zero-order valence-corrected chi connectivity index (χ0v) is 23.9. The molecule has 2 saturated carbocycles. The van der Waals surface area contributed by atoms with Crippen molar-refractivity contribution < 1.29 is 14.4 Å². The number of aromatic nitrogens is 4. The first kappa shape index (κ1) is 26.6. The fourth-order valence-corrected chi connectivity index (χ4v) is 7.22. The molecule has 7 rings (SSSR count). The van der Waals surface area contributed by atoms with Gasteiger partial charge in [-0.3, -0.25) is 5.32 Å². The molecule has 10 heteroatoms. The Morgan fingerprint density at radius 3 is 2.54 bits per heavy atom. The maximum Gasteiger partial charge on any atom is 0.427 e. The van der Waals surface area contributed by atoms with E-state index in [4.69, 9.17) is 24.5 Å². The van der Waals surface area contributed by atoms with E-state index in [0.717, 1.165) is 49.0 Å². The molecule has 1 aromatic carbocycles. The molecular formula is C31H41N7O3. The summed E-state index contributed by atoms with van der Waals surface area (Å²) in [7, 11) is 0. The Balaban J connectivity index is 1.38. The van der Waals surface area contributed by atoms with E-state index >= 15 is 0 Å². The highest BCUT2D eigenvalue weighted by molar-refractivity contribution is 5.79. The average Bonchev–Trinajstić information content (AvgIpc) is 3.62. The van der Waals surface area contributed by atoms with Gasteiger partial charge in [-0.2, -0.15) is 4.98 Å². The highest BCUT2D eigenvalue weighted by atomic mass is 16.7. The number of nitrogens with zero attached hydrogens (tertiary/aromatic N) is 5. The Morgan fingerprint density at radius 2 is 1.78 bits per heavy atom. The number of carbonyl (C=O) groups excluding carboxylic acids is 1. The van der Waals surface area contributed by atoms with E-state index in [-0.39, 0.29) is 6.04 Å². The summed E-state index contributed by atoms with van der Waals surface area (Å²) in [6.07, 6.45) is 9.80. The van der Waals surface area contributed by atoms with E-state index in [1.54, 1.807) is 0 Å². The van der Waals surface area contributed by atoms with Crippen molar-refractivity contribution in [2.24, 2.45) is 11.8 Å². The van der Waals surface area contributed by atoms with Crippen LogP contribution in [0.25, 0.3) is 11.2 Å². The summed E-state index contributed by atoms with van der Waals surface area (Å²) in [6.45, 7) is 5.34. The van der Waals surface area contributed by atoms with Crippen LogP contribution >= 0.6 is 0 Å². The minimum atomic E-state index is -0.594. The number of rotatable bonds is 6. The molecule has 4 aliphatic rings. The van der Waals surface area contributed by atoms with Gasteiger partial charge in [0.15, 0.2) is 17.6 Å². The number of hydrogen-bond donors (Lipinski definition) is 2. The zero-order valence-electron chi connectivity index (χ0n) is 23.9. The van der Waals surface area contributed by atoms with Gasteiger partial charge in [0.1, 0.15) is 5.52 Å². The van der Waals surface area contributed by atoms with Crippen molar-refractivity contribution in [2.45, 2.75) is 89.4 Å². The quantitative estimate of drug-likeness (QED) is 0.407. The van der Waals surface area contributed by atoms with Crippen molar-refractivity contribution >= 4 is 23.2 Å². The Kier molecular flexibility index (Phi) is 7.51. The van der Waals surface area contributed by atoms with Crippen molar-refractivity contribution in [3.05, 3.63) is 47.4 Å². The molecule has 2 saturated heterocycles. The summed E-state index contributed by atoms with van der Waals surface area (Å²) in [5.74, 6) is 3.20. The van der Waals surface area contributed by atoms with Gasteiger partial charge in [-0.1, -0.05) is 69.4 Å². The number of anilines is 1. The summed E-state index contributed by atoms with van der Waals surface area (Å²) in [5, 5.41) is 2.79. The molecule has 2 aliphatic carbocycles. The van der Waals surface area contributed by atoms with E-state index in [0.29, 0.717) is 36.5 Å². The molecule has 1 unspecified atom stereocenters. The molecule has 218 valence electrons. The highest BCUT2D eigenvalue weighted by Gasteiger charge is 2.35. The summed E-state index contributed by atoms with van der Waals surface area (Å²) < 4.78 is 8.47. The van der Waals surface area contributed by atoms with Crippen LogP contribution in [0.15, 0.2) is 30.3 Å². The van der Waals surface area contributed by atoms with E-state index in [2.05, 4.69) is 57.5 Å². The lowest BCUT2D eigenvalue weighted by Gasteiger charge is -2.37. The average molecular weight is 560 g/mol. The van der Waals surface area contributed by atoms with Crippen LogP contribution in [0.4, 0.5) is 10.7 Å². The van der Waals surface area contributed by atoms with Crippen LogP contribution in [-0.4, -0.2) is 45.4 Å². The largest absolute Gasteiger partial charge is 0.427 e. The van der Waals surface area contributed by atoms with Gasteiger partial charge in [-0.15, -0.1) is 5.48 Å². The number of carbonyl (C=O) groups is 1. The fraction of sp³-hybridized carbons (Fsp3) is 0.613. The number of amides is 1. The van der Waals surface area contributed by atoms with E-state index in [9.17, 15) is 4.79 Å². The van der Waals surface area contributed by atoms with Gasteiger partial charge in [0, 0.05) is 19.0 Å². The summed E-state index contributed by atoms with van der Waals surface area (Å²) in [6, 6.07) is 10.7. The zero-order chi connectivity index (χ0) is 27.8. The molecule has 4 heterocycles. The molecule has 0 spiro atoms. The lowest BCUT2D eigenvalue weighted by Crippen LogP contribution is -2.41. The third-order valence-electron chi connectivity index (χ3n) is 9.55. The Bertz CT molecular complexity index is 1370. The van der Waals surface area contributed by atoms with Crippen LogP contribution < -0.4 is 15.7 Å². The summed E-state index contributed by atoms with van der Waals surface area (Å²) >= 11 is 0. The third kappa shape index (κ3) is 5.39. The van der Waals surface area contributed by atoms with Crippen molar-refractivity contribution in [1.29, 1.82) is 0 Å². The number of ether oxygens (including phenoxy) is 1. The number of morpholine rings is 1. The van der Waals surface area contributed by atoms with Gasteiger partial charge in [0.05, 0.1) is 24.9 Å². The van der Waals surface area contributed by atoms with Gasteiger partial charge >= 0.3 is 6.09 Å². The van der Waals surface area contributed by atoms with Crippen LogP contribution in [0.3, 0.4) is 0 Å². The molecule has 2 atom stereocenters. The normalized spacial score (nSPS) is 27.6. The van der Waals surface area contributed by atoms with Crippen LogP contribution in [0.1, 0.15) is 99.9 Å². The van der Waals surface area contributed by atoms with Gasteiger partial charge in [-0.25, -0.2) is 14.8 Å². The van der Waals surface area contributed by atoms with Crippen molar-refractivity contribution in [2.75, 3.05) is 24.7 Å². The fourth-order valence-electron chi connectivity index (χ4n) is 7.22. The third-order valence-corrected chi connectivity index (χ3v) is 9.55. The maximum absolute atomic E-state index is 11.9. The molecule has 2 aliphatic heterocycles. The first-order valence-corrected chi connectivity index (χ1v) is 15.5. The smallest absolute Gasteiger partial charge is 0.377 e. The molecule has 4 fully saturated rings. The maximum atomic E-state index is 11.9. The highest BCUT2D eigenvalue weighted by Crippen LogP contribution is 2.40. The molecule has 41 heavy (non-hydrogen) atoms. The molecule has 0 radical (unpaired) electrons. The Labute approximate surface area is 241 Å². The second-order valence-electron chi connectivity index (χ2n) is 12.4. The minimum absolute atomic E-state index is 0.0710. The second-order valence-corrected chi connectivity index (χ2v) is 12.4. The predicted octanol–water partition coefficient (Wildman–Crippen LogP) is 5.52. The van der Waals surface area contributed by atoms with E-state index in [1.165, 1.54) is 50.5 Å². The number of nitrogens with one attached hydrogen (secondary N) is 2. The van der Waals surface area contributed by atoms with E-state index in [1.807, 2.05) is 0 Å². The molecule has 0 bridgehead atoms. The lowest BCUT2D eigenvalue weighted by atomic mass is 9.83.